The number of likely N-dealkylation sites (tertiary alicyclic amines) is 1. The molecule has 2 aromatic rings. The van der Waals surface area contributed by atoms with Crippen LogP contribution in [0.15, 0.2) is 48.5 Å². The third-order valence-electron chi connectivity index (χ3n) is 5.42. The molecule has 0 bridgehead atoms. The van der Waals surface area contributed by atoms with Crippen molar-refractivity contribution in [3.63, 3.8) is 0 Å². The van der Waals surface area contributed by atoms with E-state index in [9.17, 15) is 9.59 Å². The van der Waals surface area contributed by atoms with Crippen molar-refractivity contribution in [2.24, 2.45) is 0 Å². The summed E-state index contributed by atoms with van der Waals surface area (Å²) >= 11 is 12.1. The van der Waals surface area contributed by atoms with Gasteiger partial charge < -0.3 is 15.3 Å². The largest absolute Gasteiger partial charge is 0.465 e. The summed E-state index contributed by atoms with van der Waals surface area (Å²) in [7, 11) is 1.81. The van der Waals surface area contributed by atoms with Crippen molar-refractivity contribution in [1.82, 2.24) is 15.1 Å². The molecule has 0 saturated carbocycles. The van der Waals surface area contributed by atoms with Gasteiger partial charge in [-0.15, -0.1) is 0 Å². The van der Waals surface area contributed by atoms with Gasteiger partial charge in [-0.05, 0) is 29.7 Å². The molecule has 0 spiro atoms. The lowest BCUT2D eigenvalue weighted by molar-refractivity contribution is -0.131. The monoisotopic (exact) mass is 449 g/mol. The highest BCUT2D eigenvalue weighted by Crippen LogP contribution is 2.26. The predicted octanol–water partition coefficient (Wildman–Crippen LogP) is 4.08. The Balaban J connectivity index is 1.72. The Kier molecular flexibility index (Phi) is 7.58. The van der Waals surface area contributed by atoms with Gasteiger partial charge in [0.15, 0.2) is 0 Å². The van der Waals surface area contributed by atoms with Crippen LogP contribution < -0.4 is 5.32 Å². The second-order valence-electron chi connectivity index (χ2n) is 7.55. The summed E-state index contributed by atoms with van der Waals surface area (Å²) in [6, 6.07) is 14.9. The van der Waals surface area contributed by atoms with Gasteiger partial charge in [0.05, 0.1) is 22.5 Å². The van der Waals surface area contributed by atoms with Gasteiger partial charge in [0.25, 0.3) is 0 Å². The molecule has 1 fully saturated rings. The number of rotatable bonds is 7. The molecule has 1 heterocycles. The predicted molar refractivity (Wildman–Crippen MR) is 118 cm³/mol. The number of carboxylic acid groups (broad SMARTS) is 1. The number of halogens is 2. The molecule has 30 heavy (non-hydrogen) atoms. The quantitative estimate of drug-likeness (QED) is 0.667. The molecule has 1 aliphatic rings. The molecule has 1 saturated heterocycles. The minimum absolute atomic E-state index is 0.0262. The van der Waals surface area contributed by atoms with Crippen molar-refractivity contribution >= 4 is 35.2 Å². The van der Waals surface area contributed by atoms with Crippen LogP contribution in [0.2, 0.25) is 10.0 Å². The van der Waals surface area contributed by atoms with Gasteiger partial charge in [0.2, 0.25) is 5.91 Å². The molecule has 3 rings (SSSR count). The SMILES string of the molecule is CN(C(=O)Cc1ccc(Cl)c(Cl)c1)C(CN1CC[C@H](NC(=O)O)C1)c1ccccc1. The van der Waals surface area contributed by atoms with Crippen molar-refractivity contribution in [1.29, 1.82) is 0 Å². The average molecular weight is 450 g/mol. The zero-order chi connectivity index (χ0) is 21.7. The maximum absolute atomic E-state index is 13.0. The first kappa shape index (κ1) is 22.4. The van der Waals surface area contributed by atoms with Crippen molar-refractivity contribution < 1.29 is 14.7 Å². The van der Waals surface area contributed by atoms with E-state index in [1.807, 2.05) is 30.3 Å². The van der Waals surface area contributed by atoms with Gasteiger partial charge in [-0.25, -0.2) is 4.79 Å². The first-order chi connectivity index (χ1) is 14.3. The molecule has 1 aliphatic heterocycles. The number of benzene rings is 2. The normalized spacial score (nSPS) is 17.5. The second kappa shape index (κ2) is 10.2. The van der Waals surface area contributed by atoms with Crippen molar-refractivity contribution in [3.8, 4) is 0 Å². The Bertz CT molecular complexity index is 894. The van der Waals surface area contributed by atoms with Crippen LogP contribution in [0.5, 0.6) is 0 Å². The zero-order valence-electron chi connectivity index (χ0n) is 16.7. The summed E-state index contributed by atoms with van der Waals surface area (Å²) in [6.07, 6.45) is -0.0235. The first-order valence-electron chi connectivity index (χ1n) is 9.80. The Labute approximate surface area is 186 Å². The lowest BCUT2D eigenvalue weighted by Crippen LogP contribution is -2.41. The molecule has 2 amide bonds. The molecule has 160 valence electrons. The van der Waals surface area contributed by atoms with Gasteiger partial charge >= 0.3 is 6.09 Å². The van der Waals surface area contributed by atoms with E-state index in [1.54, 1.807) is 30.1 Å². The highest BCUT2D eigenvalue weighted by Gasteiger charge is 2.29. The van der Waals surface area contributed by atoms with Crippen LogP contribution in [0.3, 0.4) is 0 Å². The van der Waals surface area contributed by atoms with Gasteiger partial charge in [-0.2, -0.15) is 0 Å². The number of hydrogen-bond donors (Lipinski definition) is 2. The smallest absolute Gasteiger partial charge is 0.404 e. The highest BCUT2D eigenvalue weighted by molar-refractivity contribution is 6.42. The number of hydrogen-bond acceptors (Lipinski definition) is 3. The molecule has 0 aliphatic carbocycles. The van der Waals surface area contributed by atoms with Crippen LogP contribution in [-0.2, 0) is 11.2 Å². The topological polar surface area (TPSA) is 72.9 Å². The Hall–Kier alpha value is -2.28. The van der Waals surface area contributed by atoms with Crippen LogP contribution in [0.1, 0.15) is 23.6 Å². The van der Waals surface area contributed by atoms with Crippen molar-refractivity contribution in [2.45, 2.75) is 24.9 Å². The number of likely N-dealkylation sites (N-methyl/N-ethyl adjacent to an activating group) is 1. The Morgan fingerprint density at radius 1 is 1.20 bits per heavy atom. The van der Waals surface area contributed by atoms with E-state index in [-0.39, 0.29) is 24.4 Å². The minimum atomic E-state index is -1.00. The summed E-state index contributed by atoms with van der Waals surface area (Å²) in [4.78, 5) is 27.9. The summed E-state index contributed by atoms with van der Waals surface area (Å²) in [5.41, 5.74) is 1.84. The molecule has 0 radical (unpaired) electrons. The highest BCUT2D eigenvalue weighted by atomic mass is 35.5. The third kappa shape index (κ3) is 5.88. The van der Waals surface area contributed by atoms with E-state index in [2.05, 4.69) is 10.2 Å². The minimum Gasteiger partial charge on any atom is -0.465 e. The summed E-state index contributed by atoms with van der Waals surface area (Å²) < 4.78 is 0. The molecule has 8 heteroatoms. The molecule has 2 aromatic carbocycles. The molecule has 1 unspecified atom stereocenters. The van der Waals surface area contributed by atoms with Gasteiger partial charge in [0.1, 0.15) is 0 Å². The van der Waals surface area contributed by atoms with Crippen LogP contribution in [0.4, 0.5) is 4.79 Å². The van der Waals surface area contributed by atoms with Gasteiger partial charge in [-0.3, -0.25) is 9.69 Å². The second-order valence-corrected chi connectivity index (χ2v) is 8.37. The number of carbonyl (C=O) groups excluding carboxylic acids is 1. The average Bonchev–Trinajstić information content (AvgIpc) is 3.15. The van der Waals surface area contributed by atoms with Gasteiger partial charge in [-0.1, -0.05) is 59.6 Å². The number of amides is 2. The van der Waals surface area contributed by atoms with E-state index < -0.39 is 6.09 Å². The third-order valence-corrected chi connectivity index (χ3v) is 6.15. The maximum atomic E-state index is 13.0. The molecule has 6 nitrogen and oxygen atoms in total. The number of carbonyl (C=O) groups is 2. The standard InChI is InChI=1S/C22H25Cl2N3O3/c1-26(21(28)12-15-7-8-18(23)19(24)11-15)20(16-5-3-2-4-6-16)14-27-10-9-17(13-27)25-22(29)30/h2-8,11,17,20,25H,9-10,12-14H2,1H3,(H,29,30)/t17-,20?/m0/s1. The van der Waals surface area contributed by atoms with E-state index >= 15 is 0 Å². The molecule has 2 N–H and O–H groups in total. The lowest BCUT2D eigenvalue weighted by atomic mass is 10.0. The van der Waals surface area contributed by atoms with Crippen LogP contribution >= 0.6 is 23.2 Å². The zero-order valence-corrected chi connectivity index (χ0v) is 18.2. The van der Waals surface area contributed by atoms with Crippen LogP contribution in [0, 0.1) is 0 Å². The van der Waals surface area contributed by atoms with E-state index in [1.165, 1.54) is 0 Å². The fourth-order valence-corrected chi connectivity index (χ4v) is 4.11. The van der Waals surface area contributed by atoms with Crippen molar-refractivity contribution in [3.05, 3.63) is 69.7 Å². The maximum Gasteiger partial charge on any atom is 0.404 e. The van der Waals surface area contributed by atoms with Crippen molar-refractivity contribution in [2.75, 3.05) is 26.7 Å². The molecular weight excluding hydrogens is 425 g/mol. The summed E-state index contributed by atoms with van der Waals surface area (Å²) in [5.74, 6) is -0.0262. The van der Waals surface area contributed by atoms with Crippen LogP contribution in [-0.4, -0.2) is 59.6 Å². The Morgan fingerprint density at radius 3 is 2.60 bits per heavy atom. The Morgan fingerprint density at radius 2 is 1.93 bits per heavy atom. The molecular formula is C22H25Cl2N3O3. The first-order valence-corrected chi connectivity index (χ1v) is 10.6. The molecule has 0 aromatic heterocycles. The van der Waals surface area contributed by atoms with Crippen LogP contribution in [0.25, 0.3) is 0 Å². The van der Waals surface area contributed by atoms with E-state index in [0.717, 1.165) is 24.1 Å². The fraction of sp³-hybridized carbons (Fsp3) is 0.364. The van der Waals surface area contributed by atoms with Gasteiger partial charge in [0, 0.05) is 32.7 Å². The summed E-state index contributed by atoms with van der Waals surface area (Å²) in [6.45, 7) is 2.04. The van der Waals surface area contributed by atoms with E-state index in [4.69, 9.17) is 28.3 Å². The molecule has 2 atom stereocenters. The number of nitrogens with one attached hydrogen (secondary N) is 1. The number of nitrogens with zero attached hydrogens (tertiary/aromatic N) is 2. The van der Waals surface area contributed by atoms with E-state index in [0.29, 0.717) is 23.1 Å². The lowest BCUT2D eigenvalue weighted by Gasteiger charge is -2.32. The fourth-order valence-electron chi connectivity index (χ4n) is 3.78. The summed E-state index contributed by atoms with van der Waals surface area (Å²) in [5, 5.41) is 12.4.